The second-order valence-electron chi connectivity index (χ2n) is 4.83. The van der Waals surface area contributed by atoms with Gasteiger partial charge in [-0.2, -0.15) is 0 Å². The molecule has 1 amide bonds. The molecule has 1 saturated heterocycles. The second kappa shape index (κ2) is 2.27. The number of rotatable bonds is 2. The Hall–Kier alpha value is -0.570. The number of hydrogen-bond acceptors (Lipinski definition) is 2. The van der Waals surface area contributed by atoms with E-state index in [-0.39, 0.29) is 5.54 Å². The van der Waals surface area contributed by atoms with Crippen LogP contribution < -0.4 is 10.6 Å². The third-order valence-electron chi connectivity index (χ3n) is 4.05. The molecule has 3 nitrogen and oxygen atoms in total. The Morgan fingerprint density at radius 3 is 2.85 bits per heavy atom. The summed E-state index contributed by atoms with van der Waals surface area (Å²) >= 11 is 0. The van der Waals surface area contributed by atoms with Crippen molar-refractivity contribution >= 4 is 5.91 Å². The highest BCUT2D eigenvalue weighted by Crippen LogP contribution is 2.52. The van der Waals surface area contributed by atoms with Gasteiger partial charge < -0.3 is 10.6 Å². The molecule has 0 radical (unpaired) electrons. The van der Waals surface area contributed by atoms with E-state index in [0.717, 1.165) is 25.9 Å². The van der Waals surface area contributed by atoms with E-state index in [0.29, 0.717) is 23.7 Å². The fourth-order valence-corrected chi connectivity index (χ4v) is 2.74. The van der Waals surface area contributed by atoms with Crippen molar-refractivity contribution in [1.82, 2.24) is 10.6 Å². The predicted molar refractivity (Wildman–Crippen MR) is 49.1 cm³/mol. The predicted octanol–water partition coefficient (Wildman–Crippen LogP) is 0.120. The molecule has 2 saturated carbocycles. The second-order valence-corrected chi connectivity index (χ2v) is 4.83. The summed E-state index contributed by atoms with van der Waals surface area (Å²) in [5.74, 6) is 2.05. The van der Waals surface area contributed by atoms with Gasteiger partial charge in [-0.1, -0.05) is 6.92 Å². The van der Waals surface area contributed by atoms with Crippen molar-refractivity contribution in [3.05, 3.63) is 0 Å². The topological polar surface area (TPSA) is 41.1 Å². The summed E-state index contributed by atoms with van der Waals surface area (Å²) in [6.07, 6.45) is 2.21. The maximum atomic E-state index is 11.6. The van der Waals surface area contributed by atoms with Crippen LogP contribution in [0.2, 0.25) is 0 Å². The molecule has 72 valence electrons. The first-order valence-electron chi connectivity index (χ1n) is 5.27. The zero-order valence-electron chi connectivity index (χ0n) is 7.97. The Morgan fingerprint density at radius 1 is 1.54 bits per heavy atom. The van der Waals surface area contributed by atoms with Crippen LogP contribution >= 0.6 is 0 Å². The van der Waals surface area contributed by atoms with Crippen LogP contribution in [0.25, 0.3) is 0 Å². The molecule has 3 rings (SSSR count). The van der Waals surface area contributed by atoms with E-state index in [1.807, 2.05) is 0 Å². The van der Waals surface area contributed by atoms with Gasteiger partial charge in [0.05, 0.1) is 5.54 Å². The average Bonchev–Trinajstić information content (AvgIpc) is 2.97. The standard InChI is InChI=1S/C10H16N2O/c1-6-8-4-11-5-10(6,8)12-9(13)7-2-3-7/h6-8,11H,2-5H2,1H3,(H,12,13)/t6?,8-,10-/m1/s1. The van der Waals surface area contributed by atoms with Crippen LogP contribution in [-0.4, -0.2) is 24.5 Å². The molecule has 13 heavy (non-hydrogen) atoms. The molecule has 1 heterocycles. The van der Waals surface area contributed by atoms with Gasteiger partial charge in [-0.25, -0.2) is 0 Å². The molecule has 2 N–H and O–H groups in total. The van der Waals surface area contributed by atoms with Crippen LogP contribution in [0.1, 0.15) is 19.8 Å². The van der Waals surface area contributed by atoms with Crippen LogP contribution in [0.15, 0.2) is 0 Å². The fourth-order valence-electron chi connectivity index (χ4n) is 2.74. The molecule has 0 spiro atoms. The lowest BCUT2D eigenvalue weighted by molar-refractivity contribution is -0.123. The number of carbonyl (C=O) groups is 1. The summed E-state index contributed by atoms with van der Waals surface area (Å²) in [5, 5.41) is 6.58. The first-order valence-corrected chi connectivity index (χ1v) is 5.27. The molecule has 0 aromatic rings. The molecule has 0 aromatic heterocycles. The monoisotopic (exact) mass is 180 g/mol. The normalized spacial score (nSPS) is 47.2. The van der Waals surface area contributed by atoms with E-state index >= 15 is 0 Å². The van der Waals surface area contributed by atoms with Gasteiger partial charge in [0.15, 0.2) is 0 Å². The zero-order valence-corrected chi connectivity index (χ0v) is 7.97. The Bertz CT molecular complexity index is 262. The molecule has 1 aliphatic heterocycles. The Kier molecular flexibility index (Phi) is 1.36. The quantitative estimate of drug-likeness (QED) is 0.634. The lowest BCUT2D eigenvalue weighted by atomic mass is 10.2. The third kappa shape index (κ3) is 0.966. The van der Waals surface area contributed by atoms with Crippen molar-refractivity contribution in [2.45, 2.75) is 25.3 Å². The van der Waals surface area contributed by atoms with E-state index in [4.69, 9.17) is 0 Å². The number of carbonyl (C=O) groups excluding carboxylic acids is 1. The maximum absolute atomic E-state index is 11.6. The van der Waals surface area contributed by atoms with Gasteiger partial charge in [0.2, 0.25) is 5.91 Å². The minimum absolute atomic E-state index is 0.152. The van der Waals surface area contributed by atoms with Crippen molar-refractivity contribution in [1.29, 1.82) is 0 Å². The molecular formula is C10H16N2O. The lowest BCUT2D eigenvalue weighted by Crippen LogP contribution is -2.43. The minimum atomic E-state index is 0.152. The Labute approximate surface area is 78.3 Å². The van der Waals surface area contributed by atoms with Crippen molar-refractivity contribution in [2.75, 3.05) is 13.1 Å². The SMILES string of the molecule is CC1[C@H]2CNC[C@@]12NC(=O)C1CC1. The van der Waals surface area contributed by atoms with Gasteiger partial charge in [-0.15, -0.1) is 0 Å². The van der Waals surface area contributed by atoms with Gasteiger partial charge in [-0.3, -0.25) is 4.79 Å². The zero-order chi connectivity index (χ0) is 9.05. The van der Waals surface area contributed by atoms with Gasteiger partial charge in [-0.05, 0) is 18.8 Å². The van der Waals surface area contributed by atoms with Crippen LogP contribution in [0, 0.1) is 17.8 Å². The fraction of sp³-hybridized carbons (Fsp3) is 0.900. The highest BCUT2D eigenvalue weighted by Gasteiger charge is 2.65. The highest BCUT2D eigenvalue weighted by molar-refractivity contribution is 5.82. The maximum Gasteiger partial charge on any atom is 0.223 e. The summed E-state index contributed by atoms with van der Waals surface area (Å²) in [4.78, 5) is 11.6. The number of fused-ring (bicyclic) bond motifs is 1. The van der Waals surface area contributed by atoms with Crippen LogP contribution in [0.3, 0.4) is 0 Å². The average molecular weight is 180 g/mol. The molecular weight excluding hydrogens is 164 g/mol. The molecule has 3 fully saturated rings. The van der Waals surface area contributed by atoms with Crippen LogP contribution in [0.4, 0.5) is 0 Å². The van der Waals surface area contributed by atoms with Crippen molar-refractivity contribution in [3.63, 3.8) is 0 Å². The minimum Gasteiger partial charge on any atom is -0.349 e. The molecule has 1 unspecified atom stereocenters. The van der Waals surface area contributed by atoms with Crippen molar-refractivity contribution in [3.8, 4) is 0 Å². The van der Waals surface area contributed by atoms with Crippen LogP contribution in [-0.2, 0) is 4.79 Å². The van der Waals surface area contributed by atoms with E-state index in [1.165, 1.54) is 0 Å². The molecule has 3 aliphatic rings. The first-order chi connectivity index (χ1) is 6.24. The van der Waals surface area contributed by atoms with Gasteiger partial charge in [0.25, 0.3) is 0 Å². The number of piperidine rings is 1. The summed E-state index contributed by atoms with van der Waals surface area (Å²) in [5.41, 5.74) is 0.152. The summed E-state index contributed by atoms with van der Waals surface area (Å²) in [6, 6.07) is 0. The first kappa shape index (κ1) is 7.80. The smallest absolute Gasteiger partial charge is 0.223 e. The third-order valence-corrected chi connectivity index (χ3v) is 4.05. The van der Waals surface area contributed by atoms with E-state index in [9.17, 15) is 4.79 Å². The van der Waals surface area contributed by atoms with Gasteiger partial charge in [0, 0.05) is 24.9 Å². The molecule has 3 atom stereocenters. The van der Waals surface area contributed by atoms with E-state index in [2.05, 4.69) is 17.6 Å². The molecule has 0 bridgehead atoms. The number of nitrogens with one attached hydrogen (secondary N) is 2. The summed E-state index contributed by atoms with van der Waals surface area (Å²) in [7, 11) is 0. The lowest BCUT2D eigenvalue weighted by Gasteiger charge is -2.15. The molecule has 3 heteroatoms. The van der Waals surface area contributed by atoms with Crippen molar-refractivity contribution in [2.24, 2.45) is 17.8 Å². The highest BCUT2D eigenvalue weighted by atomic mass is 16.2. The Balaban J connectivity index is 1.68. The Morgan fingerprint density at radius 2 is 2.31 bits per heavy atom. The number of hydrogen-bond donors (Lipinski definition) is 2. The van der Waals surface area contributed by atoms with E-state index in [1.54, 1.807) is 0 Å². The van der Waals surface area contributed by atoms with Crippen molar-refractivity contribution < 1.29 is 4.79 Å². The van der Waals surface area contributed by atoms with Gasteiger partial charge in [0.1, 0.15) is 0 Å². The summed E-state index contributed by atoms with van der Waals surface area (Å²) < 4.78 is 0. The molecule has 0 aromatic carbocycles. The summed E-state index contributed by atoms with van der Waals surface area (Å²) in [6.45, 7) is 4.32. The van der Waals surface area contributed by atoms with E-state index < -0.39 is 0 Å². The largest absolute Gasteiger partial charge is 0.349 e. The van der Waals surface area contributed by atoms with Gasteiger partial charge >= 0.3 is 0 Å². The molecule has 2 aliphatic carbocycles. The van der Waals surface area contributed by atoms with Crippen LogP contribution in [0.5, 0.6) is 0 Å². The number of amides is 1.